The van der Waals surface area contributed by atoms with Gasteiger partial charge in [0.2, 0.25) is 5.43 Å². The van der Waals surface area contributed by atoms with Crippen LogP contribution < -0.4 is 16.5 Å². The third-order valence-electron chi connectivity index (χ3n) is 4.56. The number of amides is 2. The van der Waals surface area contributed by atoms with Crippen molar-refractivity contribution >= 4 is 44.4 Å². The van der Waals surface area contributed by atoms with Crippen molar-refractivity contribution in [2.45, 2.75) is 32.0 Å². The number of nitrogen functional groups attached to an aromatic ring is 1. The lowest BCUT2D eigenvalue weighted by molar-refractivity contribution is -0.218. The summed E-state index contributed by atoms with van der Waals surface area (Å²) >= 11 is 0.979. The van der Waals surface area contributed by atoms with E-state index in [0.717, 1.165) is 23.6 Å². The first kappa shape index (κ1) is 24.9. The second kappa shape index (κ2) is 8.89. The molecule has 16 nitrogen and oxygen atoms in total. The number of nitrogens with zero attached hydrogens (tertiary/aromatic N) is 4. The van der Waals surface area contributed by atoms with Crippen molar-refractivity contribution < 1.29 is 42.0 Å². The molecule has 0 aliphatic carbocycles. The number of pyridine rings is 1. The number of hydroxylamine groups is 2. The molecule has 3 heterocycles. The molecular formula is C16H18N6O10S2. The Morgan fingerprint density at radius 3 is 2.65 bits per heavy atom. The quantitative estimate of drug-likeness (QED) is 0.0891. The first-order chi connectivity index (χ1) is 15.7. The minimum absolute atomic E-state index is 0.0253. The largest absolute Gasteiger partial charge is 0.503 e. The molecule has 2 aromatic rings. The molecule has 2 amide bonds. The highest BCUT2D eigenvalue weighted by molar-refractivity contribution is 7.80. The summed E-state index contributed by atoms with van der Waals surface area (Å²) in [5.74, 6) is -2.63. The Hall–Kier alpha value is -3.74. The molecule has 1 atom stereocenters. The van der Waals surface area contributed by atoms with Gasteiger partial charge in [0.15, 0.2) is 23.2 Å². The molecule has 1 saturated heterocycles. The SMILES string of the molecule is CC1(C)C(NC(=O)/C(=N\OCc2cc(=O)c(O)cn2O)c2csc(N)n2)C(=O)N1OS(=O)(=O)O. The number of nitrogens with two attached hydrogens (primary N) is 1. The molecule has 34 heavy (non-hydrogen) atoms. The van der Waals surface area contributed by atoms with Gasteiger partial charge in [0.1, 0.15) is 17.4 Å². The summed E-state index contributed by atoms with van der Waals surface area (Å²) in [6.07, 6.45) is 0.740. The van der Waals surface area contributed by atoms with Crippen LogP contribution >= 0.6 is 11.3 Å². The van der Waals surface area contributed by atoms with Crippen molar-refractivity contribution in [3.63, 3.8) is 0 Å². The number of anilines is 1. The van der Waals surface area contributed by atoms with Crippen molar-refractivity contribution in [1.29, 1.82) is 0 Å². The zero-order chi connectivity index (χ0) is 25.4. The lowest BCUT2D eigenvalue weighted by Gasteiger charge is -2.50. The average molecular weight is 518 g/mol. The van der Waals surface area contributed by atoms with E-state index >= 15 is 0 Å². The maximum atomic E-state index is 12.9. The van der Waals surface area contributed by atoms with Crippen LogP contribution in [0.3, 0.4) is 0 Å². The summed E-state index contributed by atoms with van der Waals surface area (Å²) in [5.41, 5.74) is 2.85. The highest BCUT2D eigenvalue weighted by Gasteiger charge is 2.58. The molecule has 6 N–H and O–H groups in total. The van der Waals surface area contributed by atoms with Gasteiger partial charge >= 0.3 is 10.4 Å². The Kier molecular flexibility index (Phi) is 6.51. The van der Waals surface area contributed by atoms with E-state index in [1.165, 1.54) is 19.2 Å². The molecule has 0 saturated carbocycles. The summed E-state index contributed by atoms with van der Waals surface area (Å²) in [5, 5.41) is 26.9. The van der Waals surface area contributed by atoms with Gasteiger partial charge in [0.05, 0.1) is 11.7 Å². The summed E-state index contributed by atoms with van der Waals surface area (Å²) in [4.78, 5) is 45.7. The number of rotatable bonds is 8. The van der Waals surface area contributed by atoms with Gasteiger partial charge < -0.3 is 26.2 Å². The summed E-state index contributed by atoms with van der Waals surface area (Å²) < 4.78 is 35.3. The van der Waals surface area contributed by atoms with Gasteiger partial charge in [-0.25, -0.2) is 4.98 Å². The second-order valence-electron chi connectivity index (χ2n) is 7.34. The van der Waals surface area contributed by atoms with Gasteiger partial charge in [0, 0.05) is 11.4 Å². The fourth-order valence-corrected chi connectivity index (χ4v) is 3.85. The summed E-state index contributed by atoms with van der Waals surface area (Å²) in [7, 11) is -4.98. The molecular weight excluding hydrogens is 500 g/mol. The number of nitrogens with one attached hydrogen (secondary N) is 1. The van der Waals surface area contributed by atoms with Gasteiger partial charge in [-0.3, -0.25) is 18.9 Å². The van der Waals surface area contributed by atoms with Gasteiger partial charge in [-0.15, -0.1) is 15.6 Å². The molecule has 184 valence electrons. The van der Waals surface area contributed by atoms with Crippen molar-refractivity contribution in [2.24, 2.45) is 5.16 Å². The molecule has 0 spiro atoms. The number of oxime groups is 1. The van der Waals surface area contributed by atoms with E-state index in [9.17, 15) is 33.1 Å². The number of aromatic hydroxyl groups is 1. The minimum atomic E-state index is -4.98. The van der Waals surface area contributed by atoms with Crippen LogP contribution in [-0.4, -0.2) is 67.2 Å². The molecule has 1 aliphatic heterocycles. The van der Waals surface area contributed by atoms with E-state index in [1.807, 2.05) is 0 Å². The Bertz CT molecular complexity index is 1330. The monoisotopic (exact) mass is 518 g/mol. The summed E-state index contributed by atoms with van der Waals surface area (Å²) in [6.45, 7) is 2.22. The number of hydrogen-bond acceptors (Lipinski definition) is 13. The third kappa shape index (κ3) is 5.09. The van der Waals surface area contributed by atoms with Gasteiger partial charge in [-0.2, -0.15) is 18.2 Å². The number of thiazole rings is 1. The molecule has 0 bridgehead atoms. The van der Waals surface area contributed by atoms with Crippen LogP contribution in [0.4, 0.5) is 5.13 Å². The van der Waals surface area contributed by atoms with E-state index in [-0.39, 0.29) is 16.5 Å². The van der Waals surface area contributed by atoms with Crippen LogP contribution in [0.15, 0.2) is 27.6 Å². The van der Waals surface area contributed by atoms with Crippen LogP contribution in [0, 0.1) is 0 Å². The van der Waals surface area contributed by atoms with Crippen molar-refractivity contribution in [3.8, 4) is 5.75 Å². The Morgan fingerprint density at radius 1 is 1.41 bits per heavy atom. The maximum Gasteiger partial charge on any atom is 0.418 e. The van der Waals surface area contributed by atoms with Gasteiger partial charge in [0.25, 0.3) is 11.8 Å². The highest BCUT2D eigenvalue weighted by Crippen LogP contribution is 2.32. The average Bonchev–Trinajstić information content (AvgIpc) is 3.16. The first-order valence-electron chi connectivity index (χ1n) is 9.07. The van der Waals surface area contributed by atoms with Crippen LogP contribution in [0.2, 0.25) is 0 Å². The zero-order valence-corrected chi connectivity index (χ0v) is 19.0. The molecule has 3 rings (SSSR count). The topological polar surface area (TPSA) is 236 Å². The Morgan fingerprint density at radius 2 is 2.09 bits per heavy atom. The lowest BCUT2D eigenvalue weighted by Crippen LogP contribution is -2.76. The first-order valence-corrected chi connectivity index (χ1v) is 11.3. The van der Waals surface area contributed by atoms with Gasteiger partial charge in [-0.05, 0) is 13.8 Å². The summed E-state index contributed by atoms with van der Waals surface area (Å²) in [6, 6.07) is -0.396. The minimum Gasteiger partial charge on any atom is -0.503 e. The third-order valence-corrected chi connectivity index (χ3v) is 5.57. The molecule has 18 heteroatoms. The predicted molar refractivity (Wildman–Crippen MR) is 113 cm³/mol. The van der Waals surface area contributed by atoms with Crippen molar-refractivity contribution in [3.05, 3.63) is 39.3 Å². The highest BCUT2D eigenvalue weighted by atomic mass is 32.3. The number of carbonyl (C=O) groups is 2. The molecule has 2 aromatic heterocycles. The normalized spacial score (nSPS) is 17.9. The van der Waals surface area contributed by atoms with E-state index in [1.54, 1.807) is 0 Å². The number of hydrogen-bond donors (Lipinski definition) is 5. The van der Waals surface area contributed by atoms with Crippen LogP contribution in [0.25, 0.3) is 0 Å². The fraction of sp³-hybridized carbons (Fsp3) is 0.312. The second-order valence-corrected chi connectivity index (χ2v) is 9.23. The maximum absolute atomic E-state index is 12.9. The molecule has 1 unspecified atom stereocenters. The fourth-order valence-electron chi connectivity index (χ4n) is 2.84. The van der Waals surface area contributed by atoms with E-state index in [4.69, 9.17) is 15.1 Å². The van der Waals surface area contributed by atoms with E-state index in [2.05, 4.69) is 19.7 Å². The molecule has 0 radical (unpaired) electrons. The van der Waals surface area contributed by atoms with Gasteiger partial charge in [-0.1, -0.05) is 5.16 Å². The van der Waals surface area contributed by atoms with E-state index in [0.29, 0.717) is 9.79 Å². The van der Waals surface area contributed by atoms with E-state index < -0.39 is 57.3 Å². The smallest absolute Gasteiger partial charge is 0.418 e. The van der Waals surface area contributed by atoms with Crippen LogP contribution in [0.1, 0.15) is 25.2 Å². The molecule has 1 aliphatic rings. The van der Waals surface area contributed by atoms with Crippen molar-refractivity contribution in [1.82, 2.24) is 20.1 Å². The Labute approximate surface area is 194 Å². The molecule has 1 fully saturated rings. The zero-order valence-electron chi connectivity index (χ0n) is 17.4. The van der Waals surface area contributed by atoms with Crippen LogP contribution in [-0.2, 0) is 35.7 Å². The number of aromatic nitrogens is 2. The van der Waals surface area contributed by atoms with Crippen molar-refractivity contribution in [2.75, 3.05) is 5.73 Å². The standard InChI is InChI=1S/C16H18N6O10S2/c1-16(2)12(14(26)22(16)32-34(28,29)30)19-13(25)11(8-6-33-15(17)18-8)20-31-5-7-3-9(23)10(24)4-21(7)27/h3-4,6,12,24,27H,5H2,1-2H3,(H2,17,18)(H,19,25)(H,28,29,30)/b20-11-. The molecule has 0 aromatic carbocycles. The van der Waals surface area contributed by atoms with Crippen LogP contribution in [0.5, 0.6) is 5.75 Å². The number of β-lactam (4-membered cyclic amide) rings is 1. The number of carbonyl (C=O) groups excluding carboxylic acids is 2. The Balaban J connectivity index is 1.80. The lowest BCUT2D eigenvalue weighted by atomic mass is 9.84. The predicted octanol–water partition coefficient (Wildman–Crippen LogP) is -1.41.